The number of hydrogen-bond donors (Lipinski definition) is 3. The van der Waals surface area contributed by atoms with Gasteiger partial charge < -0.3 is 15.7 Å². The number of halogens is 2. The lowest BCUT2D eigenvalue weighted by Crippen LogP contribution is -2.40. The average molecular weight is 527 g/mol. The Morgan fingerprint density at radius 1 is 1.09 bits per heavy atom. The maximum absolute atomic E-state index is 13.2. The molecule has 0 saturated carbocycles. The molecule has 34 heavy (non-hydrogen) atoms. The van der Waals surface area contributed by atoms with Gasteiger partial charge in [-0.1, -0.05) is 39.2 Å². The van der Waals surface area contributed by atoms with Gasteiger partial charge in [-0.15, -0.1) is 0 Å². The second kappa shape index (κ2) is 9.67. The molecule has 0 aliphatic heterocycles. The molecule has 0 radical (unpaired) electrons. The maximum Gasteiger partial charge on any atom is 0.531 e. The summed E-state index contributed by atoms with van der Waals surface area (Å²) in [4.78, 5) is 41.6. The smallest absolute Gasteiger partial charge is 0.448 e. The molecule has 0 fully saturated rings. The number of carboxylic acid groups (broad SMARTS) is 1. The van der Waals surface area contributed by atoms with E-state index in [4.69, 9.17) is 4.84 Å². The monoisotopic (exact) mass is 526 g/mol. The largest absolute Gasteiger partial charge is 0.531 e. The lowest BCUT2D eigenvalue weighted by Gasteiger charge is -2.21. The van der Waals surface area contributed by atoms with Crippen molar-refractivity contribution in [1.82, 2.24) is 20.3 Å². The maximum atomic E-state index is 13.2. The molecular weight excluding hydrogens is 511 g/mol. The number of carbonyl (C=O) groups excluding carboxylic acids is 1. The predicted octanol–water partition coefficient (Wildman–Crippen LogP) is 5.09. The zero-order valence-electron chi connectivity index (χ0n) is 17.5. The fraction of sp³-hybridized carbons (Fsp3) is 0.0455. The van der Waals surface area contributed by atoms with Crippen molar-refractivity contribution in [2.75, 3.05) is 17.4 Å². The Balaban J connectivity index is 1.88. The third kappa shape index (κ3) is 4.86. The number of rotatable bonds is 4. The molecule has 0 unspecified atom stereocenters. The highest BCUT2D eigenvalue weighted by molar-refractivity contribution is 9.10. The molecule has 2 aromatic carbocycles. The van der Waals surface area contributed by atoms with Gasteiger partial charge in [-0.25, -0.2) is 23.9 Å². The number of carbonyl (C=O) groups is 2. The Morgan fingerprint density at radius 2 is 1.82 bits per heavy atom. The van der Waals surface area contributed by atoms with E-state index in [1.54, 1.807) is 24.3 Å². The number of hydroxylamine groups is 1. The molecular formula is C22H16BrFN6O4. The molecule has 0 spiro atoms. The van der Waals surface area contributed by atoms with Crippen LogP contribution in [-0.2, 0) is 4.84 Å². The summed E-state index contributed by atoms with van der Waals surface area (Å²) < 4.78 is 13.9. The fourth-order valence-electron chi connectivity index (χ4n) is 3.07. The number of aromatic nitrogens is 3. The van der Waals surface area contributed by atoms with E-state index in [2.05, 4.69) is 41.5 Å². The van der Waals surface area contributed by atoms with E-state index in [9.17, 15) is 19.1 Å². The predicted molar refractivity (Wildman–Crippen MR) is 126 cm³/mol. The summed E-state index contributed by atoms with van der Waals surface area (Å²) in [6.07, 6.45) is -0.182. The van der Waals surface area contributed by atoms with E-state index in [-0.39, 0.29) is 23.2 Å². The van der Waals surface area contributed by atoms with E-state index in [0.29, 0.717) is 31.7 Å². The summed E-state index contributed by atoms with van der Waals surface area (Å²) in [7, 11) is 1.33. The highest BCUT2D eigenvalue weighted by atomic mass is 79.9. The Morgan fingerprint density at radius 3 is 2.50 bits per heavy atom. The number of amides is 2. The van der Waals surface area contributed by atoms with Gasteiger partial charge in [-0.2, -0.15) is 4.98 Å². The quantitative estimate of drug-likeness (QED) is 0.313. The summed E-state index contributed by atoms with van der Waals surface area (Å²) in [5.41, 5.74) is 1.73. The first-order chi connectivity index (χ1) is 16.4. The Bertz CT molecular complexity index is 1390. The van der Waals surface area contributed by atoms with Crippen LogP contribution in [-0.4, -0.2) is 39.3 Å². The third-order valence-corrected chi connectivity index (χ3v) is 5.26. The minimum atomic E-state index is -1.70. The zero-order valence-corrected chi connectivity index (χ0v) is 19.1. The molecule has 0 saturated heterocycles. The van der Waals surface area contributed by atoms with Crippen molar-refractivity contribution in [3.63, 3.8) is 0 Å². The van der Waals surface area contributed by atoms with Crippen LogP contribution in [0.15, 0.2) is 65.3 Å². The summed E-state index contributed by atoms with van der Waals surface area (Å²) in [6.45, 7) is 0. The van der Waals surface area contributed by atoms with Crippen LogP contribution in [0.25, 0.3) is 22.2 Å². The van der Waals surface area contributed by atoms with Crippen molar-refractivity contribution in [3.05, 3.63) is 71.1 Å². The number of nitrogens with one attached hydrogen (secondary N) is 2. The molecule has 2 heterocycles. The van der Waals surface area contributed by atoms with Crippen LogP contribution in [0.5, 0.6) is 0 Å². The van der Waals surface area contributed by atoms with Crippen molar-refractivity contribution in [1.29, 1.82) is 0 Å². The van der Waals surface area contributed by atoms with Crippen molar-refractivity contribution >= 4 is 56.6 Å². The second-order valence-corrected chi connectivity index (χ2v) is 7.64. The van der Waals surface area contributed by atoms with Gasteiger partial charge in [-0.05, 0) is 42.0 Å². The van der Waals surface area contributed by atoms with Crippen LogP contribution in [0.3, 0.4) is 0 Å². The second-order valence-electron chi connectivity index (χ2n) is 6.78. The lowest BCUT2D eigenvalue weighted by molar-refractivity contribution is 0.0853. The average Bonchev–Trinajstić information content (AvgIpc) is 2.83. The Hall–Kier alpha value is -4.32. The first-order valence-corrected chi connectivity index (χ1v) is 10.5. The first-order valence-electron chi connectivity index (χ1n) is 9.73. The third-order valence-electron chi connectivity index (χ3n) is 4.57. The molecule has 2 amide bonds. The minimum absolute atomic E-state index is 0.104. The molecule has 10 nitrogen and oxygen atoms in total. The number of hydrogen-bond acceptors (Lipinski definition) is 7. The number of benzene rings is 2. The summed E-state index contributed by atoms with van der Waals surface area (Å²) in [6, 6.07) is 13.6. The molecule has 2 aromatic heterocycles. The summed E-state index contributed by atoms with van der Waals surface area (Å²) in [5.74, 6) is -0.326. The molecule has 4 rings (SSSR count). The highest BCUT2D eigenvalue weighted by Crippen LogP contribution is 2.36. The molecule has 3 N–H and O–H groups in total. The standard InChI is InChI=1S/C22H16BrFN6O4/c1-25-21(31)30(34-22(32)33)19-16(15-4-2-3-5-17(15)23)10-12-11-26-20(29-18(12)28-19)27-14-8-6-13(24)7-9-14/h2-11H,1H3,(H,25,31)(H,32,33)(H,26,27,28,29). The Kier molecular flexibility index (Phi) is 6.50. The van der Waals surface area contributed by atoms with E-state index in [1.807, 2.05) is 6.07 Å². The zero-order chi connectivity index (χ0) is 24.2. The van der Waals surface area contributed by atoms with E-state index < -0.39 is 12.2 Å². The van der Waals surface area contributed by atoms with Gasteiger partial charge in [0, 0.05) is 34.4 Å². The molecule has 12 heteroatoms. The van der Waals surface area contributed by atoms with Crippen molar-refractivity contribution in [2.45, 2.75) is 0 Å². The van der Waals surface area contributed by atoms with Crippen LogP contribution in [0.4, 0.5) is 31.4 Å². The van der Waals surface area contributed by atoms with E-state index in [1.165, 1.54) is 37.5 Å². The van der Waals surface area contributed by atoms with E-state index in [0.717, 1.165) is 0 Å². The van der Waals surface area contributed by atoms with Crippen molar-refractivity contribution in [2.24, 2.45) is 0 Å². The topological polar surface area (TPSA) is 130 Å². The van der Waals surface area contributed by atoms with Crippen LogP contribution in [0.2, 0.25) is 0 Å². The van der Waals surface area contributed by atoms with Gasteiger partial charge in [0.15, 0.2) is 11.5 Å². The Labute approximate surface area is 200 Å². The molecule has 0 aliphatic carbocycles. The van der Waals surface area contributed by atoms with Gasteiger partial charge in [0.2, 0.25) is 5.95 Å². The number of urea groups is 1. The van der Waals surface area contributed by atoms with Gasteiger partial charge in [0.05, 0.1) is 0 Å². The van der Waals surface area contributed by atoms with Crippen LogP contribution < -0.4 is 15.7 Å². The van der Waals surface area contributed by atoms with Crippen LogP contribution >= 0.6 is 15.9 Å². The highest BCUT2D eigenvalue weighted by Gasteiger charge is 2.26. The molecule has 0 bridgehead atoms. The number of nitrogens with zero attached hydrogens (tertiary/aromatic N) is 4. The van der Waals surface area contributed by atoms with Gasteiger partial charge in [0.25, 0.3) is 0 Å². The molecule has 172 valence electrons. The summed E-state index contributed by atoms with van der Waals surface area (Å²) >= 11 is 3.47. The number of pyridine rings is 1. The molecule has 0 aliphatic rings. The van der Waals surface area contributed by atoms with Gasteiger partial charge >= 0.3 is 12.2 Å². The number of fused-ring (bicyclic) bond motifs is 1. The first kappa shape index (κ1) is 22.9. The lowest BCUT2D eigenvalue weighted by atomic mass is 10.1. The van der Waals surface area contributed by atoms with Gasteiger partial charge in [0.1, 0.15) is 5.82 Å². The van der Waals surface area contributed by atoms with Crippen LogP contribution in [0.1, 0.15) is 0 Å². The normalized spacial score (nSPS) is 10.6. The SMILES string of the molecule is CNC(=O)N(OC(=O)O)c1nc2nc(Nc3ccc(F)cc3)ncc2cc1-c1ccccc1Br. The minimum Gasteiger partial charge on any atom is -0.448 e. The van der Waals surface area contributed by atoms with Gasteiger partial charge in [-0.3, -0.25) is 4.84 Å². The molecule has 0 atom stereocenters. The summed E-state index contributed by atoms with van der Waals surface area (Å²) in [5, 5.41) is 15.5. The number of anilines is 3. The van der Waals surface area contributed by atoms with Crippen molar-refractivity contribution < 1.29 is 23.9 Å². The fourth-order valence-corrected chi connectivity index (χ4v) is 3.57. The molecule has 4 aromatic rings. The van der Waals surface area contributed by atoms with Crippen molar-refractivity contribution in [3.8, 4) is 11.1 Å². The van der Waals surface area contributed by atoms with Crippen LogP contribution in [0, 0.1) is 5.82 Å². The van der Waals surface area contributed by atoms with E-state index >= 15 is 0 Å².